The zero-order valence-electron chi connectivity index (χ0n) is 18.3. The molecule has 0 unspecified atom stereocenters. The van der Waals surface area contributed by atoms with Crippen LogP contribution in [0.5, 0.6) is 0 Å². The third-order valence-corrected chi connectivity index (χ3v) is 6.99. The van der Waals surface area contributed by atoms with Gasteiger partial charge in [-0.3, -0.25) is 4.79 Å². The van der Waals surface area contributed by atoms with E-state index in [0.717, 1.165) is 41.1 Å². The minimum Gasteiger partial charge on any atom is -0.352 e. The number of hydrogen-bond acceptors (Lipinski definition) is 5. The molecule has 4 rings (SSSR count). The smallest absolute Gasteiger partial charge is 0.252 e. The SMILES string of the molecule is Cc1ccc(-c2cc(C(=O)NCCC3CCN(C)CC3)c3cnn(C(C)C)c3n2)s1. The molecular weight excluding hydrogens is 394 g/mol. The van der Waals surface area contributed by atoms with Crippen LogP contribution in [0.3, 0.4) is 0 Å². The third-order valence-electron chi connectivity index (χ3n) is 5.97. The highest BCUT2D eigenvalue weighted by molar-refractivity contribution is 7.15. The normalized spacial score (nSPS) is 15.9. The standard InChI is InChI=1S/C23H31N5OS/c1-15(2)28-22-19(14-25-28)18(13-20(26-22)21-6-5-16(3)30-21)23(29)24-10-7-17-8-11-27(4)12-9-17/h5-6,13-15,17H,7-12H2,1-4H3,(H,24,29). The zero-order chi connectivity index (χ0) is 21.3. The Balaban J connectivity index is 1.57. The molecule has 1 saturated heterocycles. The molecule has 7 heteroatoms. The minimum atomic E-state index is -0.0341. The number of nitrogens with zero attached hydrogens (tertiary/aromatic N) is 4. The molecule has 1 aliphatic heterocycles. The molecule has 1 N–H and O–H groups in total. The van der Waals surface area contributed by atoms with Gasteiger partial charge >= 0.3 is 0 Å². The lowest BCUT2D eigenvalue weighted by Crippen LogP contribution is -2.32. The molecule has 1 amide bonds. The predicted octanol–water partition coefficient (Wildman–Crippen LogP) is 4.51. The van der Waals surface area contributed by atoms with Crippen molar-refractivity contribution in [2.24, 2.45) is 5.92 Å². The Labute approximate surface area is 182 Å². The molecular formula is C23H31N5OS. The summed E-state index contributed by atoms with van der Waals surface area (Å²) in [5.41, 5.74) is 2.27. The van der Waals surface area contributed by atoms with Gasteiger partial charge < -0.3 is 10.2 Å². The number of aryl methyl sites for hydroxylation is 1. The molecule has 3 aromatic rings. The van der Waals surface area contributed by atoms with E-state index < -0.39 is 0 Å². The molecule has 0 aromatic carbocycles. The van der Waals surface area contributed by atoms with Gasteiger partial charge in [0.15, 0.2) is 5.65 Å². The Bertz CT molecular complexity index is 1030. The van der Waals surface area contributed by atoms with Crippen molar-refractivity contribution >= 4 is 28.3 Å². The second kappa shape index (κ2) is 8.86. The van der Waals surface area contributed by atoms with Gasteiger partial charge in [-0.1, -0.05) is 0 Å². The van der Waals surface area contributed by atoms with E-state index in [1.807, 2.05) is 10.7 Å². The number of fused-ring (bicyclic) bond motifs is 1. The van der Waals surface area contributed by atoms with E-state index in [1.54, 1.807) is 17.5 Å². The molecule has 0 atom stereocenters. The van der Waals surface area contributed by atoms with Crippen LogP contribution in [0.15, 0.2) is 24.4 Å². The van der Waals surface area contributed by atoms with Gasteiger partial charge in [0.1, 0.15) is 0 Å². The number of likely N-dealkylation sites (tertiary alicyclic amines) is 1. The summed E-state index contributed by atoms with van der Waals surface area (Å²) in [7, 11) is 2.18. The molecule has 0 radical (unpaired) electrons. The van der Waals surface area contributed by atoms with Crippen LogP contribution in [0.25, 0.3) is 21.6 Å². The third kappa shape index (κ3) is 4.42. The Kier molecular flexibility index (Phi) is 6.20. The van der Waals surface area contributed by atoms with Crippen molar-refractivity contribution in [1.29, 1.82) is 0 Å². The van der Waals surface area contributed by atoms with Gasteiger partial charge in [0.2, 0.25) is 0 Å². The van der Waals surface area contributed by atoms with Crippen molar-refractivity contribution in [2.45, 2.75) is 46.1 Å². The summed E-state index contributed by atoms with van der Waals surface area (Å²) in [6, 6.07) is 6.26. The number of nitrogens with one attached hydrogen (secondary N) is 1. The highest BCUT2D eigenvalue weighted by Gasteiger charge is 2.20. The van der Waals surface area contributed by atoms with Crippen LogP contribution in [0.2, 0.25) is 0 Å². The number of hydrogen-bond donors (Lipinski definition) is 1. The fourth-order valence-electron chi connectivity index (χ4n) is 4.12. The van der Waals surface area contributed by atoms with Gasteiger partial charge in [0.25, 0.3) is 5.91 Å². The maximum atomic E-state index is 13.1. The zero-order valence-corrected chi connectivity index (χ0v) is 19.1. The molecule has 0 bridgehead atoms. The van der Waals surface area contributed by atoms with E-state index >= 15 is 0 Å². The second-order valence-electron chi connectivity index (χ2n) is 8.68. The van der Waals surface area contributed by atoms with Crippen molar-refractivity contribution in [3.05, 3.63) is 34.8 Å². The van der Waals surface area contributed by atoms with E-state index in [-0.39, 0.29) is 11.9 Å². The van der Waals surface area contributed by atoms with Crippen molar-refractivity contribution in [2.75, 3.05) is 26.7 Å². The topological polar surface area (TPSA) is 63.1 Å². The highest BCUT2D eigenvalue weighted by Crippen LogP contribution is 2.30. The Morgan fingerprint density at radius 3 is 2.73 bits per heavy atom. The van der Waals surface area contributed by atoms with Crippen molar-refractivity contribution in [3.8, 4) is 10.6 Å². The summed E-state index contributed by atoms with van der Waals surface area (Å²) in [5, 5.41) is 8.49. The first-order valence-electron chi connectivity index (χ1n) is 10.8. The van der Waals surface area contributed by atoms with Gasteiger partial charge in [-0.15, -0.1) is 11.3 Å². The van der Waals surface area contributed by atoms with Gasteiger partial charge in [0.05, 0.1) is 27.7 Å². The number of carbonyl (C=O) groups is 1. The summed E-state index contributed by atoms with van der Waals surface area (Å²) in [6.45, 7) is 9.27. The average molecular weight is 426 g/mol. The number of pyridine rings is 1. The number of rotatable bonds is 6. The first kappa shape index (κ1) is 21.0. The van der Waals surface area contributed by atoms with Crippen LogP contribution in [0.1, 0.15) is 54.4 Å². The Hall–Kier alpha value is -2.25. The number of amides is 1. The summed E-state index contributed by atoms with van der Waals surface area (Å²) >= 11 is 1.70. The molecule has 1 aliphatic rings. The lowest BCUT2D eigenvalue weighted by molar-refractivity contribution is 0.0950. The average Bonchev–Trinajstić information content (AvgIpc) is 3.35. The van der Waals surface area contributed by atoms with Crippen LogP contribution in [-0.4, -0.2) is 52.3 Å². The van der Waals surface area contributed by atoms with E-state index in [2.05, 4.69) is 55.3 Å². The lowest BCUT2D eigenvalue weighted by atomic mass is 9.94. The maximum Gasteiger partial charge on any atom is 0.252 e. The molecule has 4 heterocycles. The summed E-state index contributed by atoms with van der Waals surface area (Å²) < 4.78 is 1.90. The maximum absolute atomic E-state index is 13.1. The monoisotopic (exact) mass is 425 g/mol. The van der Waals surface area contributed by atoms with Gasteiger partial charge in [-0.05, 0) is 84.3 Å². The number of aromatic nitrogens is 3. The van der Waals surface area contributed by atoms with Crippen LogP contribution >= 0.6 is 11.3 Å². The van der Waals surface area contributed by atoms with Crippen LogP contribution in [0, 0.1) is 12.8 Å². The van der Waals surface area contributed by atoms with Crippen LogP contribution < -0.4 is 5.32 Å². The minimum absolute atomic E-state index is 0.0341. The number of thiophene rings is 1. The van der Waals surface area contributed by atoms with Gasteiger partial charge in [-0.25, -0.2) is 9.67 Å². The van der Waals surface area contributed by atoms with E-state index in [9.17, 15) is 4.79 Å². The van der Waals surface area contributed by atoms with Crippen LogP contribution in [-0.2, 0) is 0 Å². The summed E-state index contributed by atoms with van der Waals surface area (Å²) in [5.74, 6) is 0.667. The molecule has 1 fully saturated rings. The van der Waals surface area contributed by atoms with E-state index in [0.29, 0.717) is 18.0 Å². The first-order valence-corrected chi connectivity index (χ1v) is 11.7. The highest BCUT2D eigenvalue weighted by atomic mass is 32.1. The number of carbonyl (C=O) groups excluding carboxylic acids is 1. The molecule has 0 spiro atoms. The second-order valence-corrected chi connectivity index (χ2v) is 9.96. The Morgan fingerprint density at radius 2 is 2.07 bits per heavy atom. The molecule has 0 aliphatic carbocycles. The predicted molar refractivity (Wildman–Crippen MR) is 123 cm³/mol. The first-order chi connectivity index (χ1) is 14.4. The Morgan fingerprint density at radius 1 is 1.30 bits per heavy atom. The summed E-state index contributed by atoms with van der Waals surface area (Å²) in [6.07, 6.45) is 5.25. The van der Waals surface area contributed by atoms with E-state index in [1.165, 1.54) is 17.7 Å². The molecule has 0 saturated carbocycles. The van der Waals surface area contributed by atoms with Gasteiger partial charge in [-0.2, -0.15) is 5.10 Å². The van der Waals surface area contributed by atoms with Crippen molar-refractivity contribution < 1.29 is 4.79 Å². The lowest BCUT2D eigenvalue weighted by Gasteiger charge is -2.28. The van der Waals surface area contributed by atoms with Crippen molar-refractivity contribution in [1.82, 2.24) is 25.0 Å². The number of piperidine rings is 1. The molecule has 3 aromatic heterocycles. The molecule has 6 nitrogen and oxygen atoms in total. The fourth-order valence-corrected chi connectivity index (χ4v) is 4.95. The quantitative estimate of drug-likeness (QED) is 0.631. The fraction of sp³-hybridized carbons (Fsp3) is 0.522. The molecule has 30 heavy (non-hydrogen) atoms. The summed E-state index contributed by atoms with van der Waals surface area (Å²) in [4.78, 5) is 22.7. The van der Waals surface area contributed by atoms with E-state index in [4.69, 9.17) is 4.98 Å². The van der Waals surface area contributed by atoms with Crippen LogP contribution in [0.4, 0.5) is 0 Å². The molecule has 160 valence electrons. The van der Waals surface area contributed by atoms with Crippen molar-refractivity contribution in [3.63, 3.8) is 0 Å². The van der Waals surface area contributed by atoms with Gasteiger partial charge in [0, 0.05) is 17.5 Å². The largest absolute Gasteiger partial charge is 0.352 e.